The number of aryl methyl sites for hydroxylation is 1. The van der Waals surface area contributed by atoms with E-state index in [0.717, 1.165) is 27.9 Å². The Morgan fingerprint density at radius 1 is 1.09 bits per heavy atom. The molecule has 2 aromatic carbocycles. The van der Waals surface area contributed by atoms with Crippen molar-refractivity contribution < 1.29 is 4.74 Å². The second-order valence-electron chi connectivity index (χ2n) is 5.36. The molecule has 0 unspecified atom stereocenters. The van der Waals surface area contributed by atoms with Crippen LogP contribution in [0, 0.1) is 0 Å². The van der Waals surface area contributed by atoms with Gasteiger partial charge in [-0.05, 0) is 48.7 Å². The van der Waals surface area contributed by atoms with Gasteiger partial charge in [-0.15, -0.1) is 0 Å². The number of ether oxygens (including phenoxy) is 1. The summed E-state index contributed by atoms with van der Waals surface area (Å²) in [4.78, 5) is 12.6. The fraction of sp³-hybridized carbons (Fsp3) is 0.211. The Morgan fingerprint density at radius 2 is 1.83 bits per heavy atom. The third-order valence-corrected chi connectivity index (χ3v) is 3.97. The fourth-order valence-corrected chi connectivity index (χ4v) is 2.73. The first kappa shape index (κ1) is 15.2. The van der Waals surface area contributed by atoms with Gasteiger partial charge in [0.15, 0.2) is 0 Å². The molecule has 1 aromatic heterocycles. The van der Waals surface area contributed by atoms with Gasteiger partial charge in [0.1, 0.15) is 5.75 Å². The summed E-state index contributed by atoms with van der Waals surface area (Å²) >= 11 is 0. The average molecular weight is 308 g/mol. The van der Waals surface area contributed by atoms with E-state index in [0.29, 0.717) is 13.1 Å². The van der Waals surface area contributed by atoms with Crippen molar-refractivity contribution >= 4 is 16.6 Å². The minimum absolute atomic E-state index is 0.0622. The SMILES string of the molecule is CCn1c(=O)c(CNc2ccc(OC)cc2)cc2ccccc21. The van der Waals surface area contributed by atoms with E-state index >= 15 is 0 Å². The fourth-order valence-electron chi connectivity index (χ4n) is 2.73. The van der Waals surface area contributed by atoms with E-state index < -0.39 is 0 Å². The molecule has 0 spiro atoms. The molecular formula is C19H20N2O2. The van der Waals surface area contributed by atoms with Crippen molar-refractivity contribution in [3.63, 3.8) is 0 Å². The number of benzene rings is 2. The number of methoxy groups -OCH3 is 1. The van der Waals surface area contributed by atoms with Crippen molar-refractivity contribution in [1.82, 2.24) is 4.57 Å². The summed E-state index contributed by atoms with van der Waals surface area (Å²) in [6, 6.07) is 17.6. The minimum Gasteiger partial charge on any atom is -0.497 e. The maximum absolute atomic E-state index is 12.6. The molecule has 0 atom stereocenters. The molecule has 3 rings (SSSR count). The Bertz CT molecular complexity index is 867. The van der Waals surface area contributed by atoms with Crippen LogP contribution in [0.3, 0.4) is 0 Å². The zero-order chi connectivity index (χ0) is 16.2. The van der Waals surface area contributed by atoms with E-state index in [1.807, 2.05) is 66.1 Å². The Hall–Kier alpha value is -2.75. The van der Waals surface area contributed by atoms with Crippen molar-refractivity contribution in [2.75, 3.05) is 12.4 Å². The van der Waals surface area contributed by atoms with Crippen molar-refractivity contribution in [3.05, 3.63) is 70.5 Å². The largest absolute Gasteiger partial charge is 0.497 e. The molecule has 0 aliphatic carbocycles. The van der Waals surface area contributed by atoms with Crippen LogP contribution in [-0.2, 0) is 13.1 Å². The van der Waals surface area contributed by atoms with Crippen LogP contribution in [0.1, 0.15) is 12.5 Å². The predicted octanol–water partition coefficient (Wildman–Crippen LogP) is 3.64. The Morgan fingerprint density at radius 3 is 2.52 bits per heavy atom. The van der Waals surface area contributed by atoms with Crippen LogP contribution in [0.4, 0.5) is 5.69 Å². The number of rotatable bonds is 5. The highest BCUT2D eigenvalue weighted by molar-refractivity contribution is 5.79. The number of hydrogen-bond acceptors (Lipinski definition) is 3. The van der Waals surface area contributed by atoms with Crippen LogP contribution in [0.15, 0.2) is 59.4 Å². The lowest BCUT2D eigenvalue weighted by Crippen LogP contribution is -2.24. The first-order valence-corrected chi connectivity index (χ1v) is 7.72. The maximum Gasteiger partial charge on any atom is 0.256 e. The van der Waals surface area contributed by atoms with E-state index in [1.54, 1.807) is 7.11 Å². The topological polar surface area (TPSA) is 43.3 Å². The van der Waals surface area contributed by atoms with Crippen LogP contribution < -0.4 is 15.6 Å². The highest BCUT2D eigenvalue weighted by Crippen LogP contribution is 2.17. The van der Waals surface area contributed by atoms with Gasteiger partial charge in [0.25, 0.3) is 5.56 Å². The zero-order valence-electron chi connectivity index (χ0n) is 13.4. The van der Waals surface area contributed by atoms with Gasteiger partial charge in [-0.3, -0.25) is 4.79 Å². The highest BCUT2D eigenvalue weighted by Gasteiger charge is 2.07. The van der Waals surface area contributed by atoms with Crippen LogP contribution in [0.2, 0.25) is 0 Å². The van der Waals surface area contributed by atoms with E-state index in [1.165, 1.54) is 0 Å². The van der Waals surface area contributed by atoms with Crippen molar-refractivity contribution in [1.29, 1.82) is 0 Å². The molecule has 4 nitrogen and oxygen atoms in total. The Kier molecular flexibility index (Phi) is 4.33. The number of para-hydroxylation sites is 1. The predicted molar refractivity (Wildman–Crippen MR) is 94.2 cm³/mol. The summed E-state index contributed by atoms with van der Waals surface area (Å²) in [7, 11) is 1.64. The quantitative estimate of drug-likeness (QED) is 0.782. The van der Waals surface area contributed by atoms with Crippen molar-refractivity contribution in [3.8, 4) is 5.75 Å². The van der Waals surface area contributed by atoms with Gasteiger partial charge >= 0.3 is 0 Å². The van der Waals surface area contributed by atoms with Gasteiger partial charge in [0.05, 0.1) is 12.6 Å². The molecule has 4 heteroatoms. The Labute approximate surface area is 135 Å². The summed E-state index contributed by atoms with van der Waals surface area (Å²) in [6.07, 6.45) is 0. The molecule has 0 aliphatic rings. The second kappa shape index (κ2) is 6.57. The monoisotopic (exact) mass is 308 g/mol. The molecule has 0 bridgehead atoms. The summed E-state index contributed by atoms with van der Waals surface area (Å²) in [6.45, 7) is 3.15. The second-order valence-corrected chi connectivity index (χ2v) is 5.36. The molecule has 0 saturated heterocycles. The molecule has 0 fully saturated rings. The molecule has 0 radical (unpaired) electrons. The number of pyridine rings is 1. The van der Waals surface area contributed by atoms with Gasteiger partial charge in [-0.25, -0.2) is 0 Å². The normalized spacial score (nSPS) is 10.7. The summed E-state index contributed by atoms with van der Waals surface area (Å²) in [5, 5.41) is 4.38. The van der Waals surface area contributed by atoms with Crippen LogP contribution in [-0.4, -0.2) is 11.7 Å². The lowest BCUT2D eigenvalue weighted by molar-refractivity contribution is 0.415. The molecule has 23 heavy (non-hydrogen) atoms. The molecular weight excluding hydrogens is 288 g/mol. The summed E-state index contributed by atoms with van der Waals surface area (Å²) in [5.74, 6) is 0.814. The number of fused-ring (bicyclic) bond motifs is 1. The van der Waals surface area contributed by atoms with Crippen molar-refractivity contribution in [2.45, 2.75) is 20.0 Å². The first-order valence-electron chi connectivity index (χ1n) is 7.72. The maximum atomic E-state index is 12.6. The van der Waals surface area contributed by atoms with Crippen LogP contribution in [0.5, 0.6) is 5.75 Å². The number of aromatic nitrogens is 1. The van der Waals surface area contributed by atoms with E-state index in [-0.39, 0.29) is 5.56 Å². The summed E-state index contributed by atoms with van der Waals surface area (Å²) in [5.41, 5.74) is 2.77. The van der Waals surface area contributed by atoms with E-state index in [4.69, 9.17) is 4.74 Å². The minimum atomic E-state index is 0.0622. The van der Waals surface area contributed by atoms with Gasteiger partial charge in [0.2, 0.25) is 0 Å². The van der Waals surface area contributed by atoms with Gasteiger partial charge in [0, 0.05) is 24.3 Å². The third kappa shape index (κ3) is 3.06. The highest BCUT2D eigenvalue weighted by atomic mass is 16.5. The summed E-state index contributed by atoms with van der Waals surface area (Å²) < 4.78 is 6.97. The van der Waals surface area contributed by atoms with Crippen molar-refractivity contribution in [2.24, 2.45) is 0 Å². The van der Waals surface area contributed by atoms with Gasteiger partial charge < -0.3 is 14.6 Å². The zero-order valence-corrected chi connectivity index (χ0v) is 13.4. The van der Waals surface area contributed by atoms with Gasteiger partial charge in [-0.2, -0.15) is 0 Å². The number of anilines is 1. The third-order valence-electron chi connectivity index (χ3n) is 3.97. The Balaban J connectivity index is 1.90. The van der Waals surface area contributed by atoms with E-state index in [2.05, 4.69) is 5.32 Å². The molecule has 0 saturated carbocycles. The van der Waals surface area contributed by atoms with Crippen LogP contribution >= 0.6 is 0 Å². The smallest absolute Gasteiger partial charge is 0.256 e. The van der Waals surface area contributed by atoms with E-state index in [9.17, 15) is 4.79 Å². The number of hydrogen-bond donors (Lipinski definition) is 1. The molecule has 0 amide bonds. The number of nitrogens with one attached hydrogen (secondary N) is 1. The first-order chi connectivity index (χ1) is 11.2. The van der Waals surface area contributed by atoms with Gasteiger partial charge in [-0.1, -0.05) is 18.2 Å². The standard InChI is InChI=1S/C19H20N2O2/c1-3-21-18-7-5-4-6-14(18)12-15(19(21)22)13-20-16-8-10-17(23-2)11-9-16/h4-12,20H,3,13H2,1-2H3. The number of nitrogens with zero attached hydrogens (tertiary/aromatic N) is 1. The molecule has 1 heterocycles. The molecule has 1 N–H and O–H groups in total. The lowest BCUT2D eigenvalue weighted by atomic mass is 10.1. The molecule has 118 valence electrons. The lowest BCUT2D eigenvalue weighted by Gasteiger charge is -2.12. The average Bonchev–Trinajstić information content (AvgIpc) is 2.60. The molecule has 3 aromatic rings. The van der Waals surface area contributed by atoms with Crippen LogP contribution in [0.25, 0.3) is 10.9 Å². The molecule has 0 aliphatic heterocycles.